The molecule has 0 aliphatic rings. The second kappa shape index (κ2) is 7.44. The molecule has 1 unspecified atom stereocenters. The van der Waals surface area contributed by atoms with Crippen molar-refractivity contribution in [3.8, 4) is 0 Å². The zero-order chi connectivity index (χ0) is 12.7. The zero-order valence-electron chi connectivity index (χ0n) is 11.2. The molecule has 1 nitrogen and oxygen atoms in total. The maximum atomic E-state index is 12.8. The summed E-state index contributed by atoms with van der Waals surface area (Å²) in [7, 11) is 0. The van der Waals surface area contributed by atoms with E-state index in [4.69, 9.17) is 0 Å². The predicted octanol–water partition coefficient (Wildman–Crippen LogP) is 4.45. The van der Waals surface area contributed by atoms with Crippen LogP contribution in [0, 0.1) is 5.82 Å². The van der Waals surface area contributed by atoms with Crippen LogP contribution in [0.1, 0.15) is 58.1 Å². The quantitative estimate of drug-likeness (QED) is 0.691. The molecule has 1 rings (SSSR count). The van der Waals surface area contributed by atoms with Crippen molar-refractivity contribution in [2.24, 2.45) is 0 Å². The maximum absolute atomic E-state index is 12.8. The van der Waals surface area contributed by atoms with Crippen molar-refractivity contribution >= 4 is 0 Å². The Balaban J connectivity index is 2.37. The van der Waals surface area contributed by atoms with Gasteiger partial charge in [-0.25, -0.2) is 4.39 Å². The van der Waals surface area contributed by atoms with Gasteiger partial charge >= 0.3 is 0 Å². The molecule has 0 spiro atoms. The normalized spacial score (nSPS) is 14.6. The van der Waals surface area contributed by atoms with Crippen LogP contribution in [0.2, 0.25) is 0 Å². The Morgan fingerprint density at radius 1 is 1.12 bits per heavy atom. The van der Waals surface area contributed by atoms with E-state index in [0.29, 0.717) is 6.04 Å². The molecule has 0 heterocycles. The summed E-state index contributed by atoms with van der Waals surface area (Å²) in [5, 5.41) is 3.55. The molecule has 0 aromatic heterocycles. The van der Waals surface area contributed by atoms with Gasteiger partial charge in [-0.15, -0.1) is 0 Å². The van der Waals surface area contributed by atoms with E-state index in [9.17, 15) is 4.39 Å². The maximum Gasteiger partial charge on any atom is 0.123 e. The first kappa shape index (κ1) is 14.2. The second-order valence-electron chi connectivity index (χ2n) is 4.84. The lowest BCUT2D eigenvalue weighted by Gasteiger charge is -2.20. The Morgan fingerprint density at radius 2 is 1.76 bits per heavy atom. The fourth-order valence-corrected chi connectivity index (χ4v) is 2.06. The lowest BCUT2D eigenvalue weighted by Crippen LogP contribution is -2.28. The van der Waals surface area contributed by atoms with Crippen molar-refractivity contribution in [3.63, 3.8) is 0 Å². The van der Waals surface area contributed by atoms with E-state index in [1.165, 1.54) is 37.8 Å². The van der Waals surface area contributed by atoms with Crippen LogP contribution in [0.15, 0.2) is 24.3 Å². The highest BCUT2D eigenvalue weighted by Crippen LogP contribution is 2.15. The van der Waals surface area contributed by atoms with E-state index < -0.39 is 0 Å². The minimum atomic E-state index is -0.169. The molecule has 2 atom stereocenters. The highest BCUT2D eigenvalue weighted by Gasteiger charge is 2.08. The molecule has 17 heavy (non-hydrogen) atoms. The van der Waals surface area contributed by atoms with Gasteiger partial charge in [-0.1, -0.05) is 38.3 Å². The van der Waals surface area contributed by atoms with Crippen LogP contribution < -0.4 is 5.32 Å². The van der Waals surface area contributed by atoms with Gasteiger partial charge in [0, 0.05) is 12.1 Å². The summed E-state index contributed by atoms with van der Waals surface area (Å²) in [5.41, 5.74) is 1.15. The molecule has 96 valence electrons. The molecule has 0 aliphatic carbocycles. The summed E-state index contributed by atoms with van der Waals surface area (Å²) >= 11 is 0. The van der Waals surface area contributed by atoms with Crippen molar-refractivity contribution < 1.29 is 4.39 Å². The summed E-state index contributed by atoms with van der Waals surface area (Å²) in [4.78, 5) is 0. The lowest BCUT2D eigenvalue weighted by atomic mass is 10.1. The highest BCUT2D eigenvalue weighted by molar-refractivity contribution is 5.19. The van der Waals surface area contributed by atoms with Crippen LogP contribution in [0.25, 0.3) is 0 Å². The molecule has 0 amide bonds. The van der Waals surface area contributed by atoms with Crippen molar-refractivity contribution in [2.75, 3.05) is 0 Å². The van der Waals surface area contributed by atoms with Crippen molar-refractivity contribution in [1.29, 1.82) is 0 Å². The summed E-state index contributed by atoms with van der Waals surface area (Å²) in [6, 6.07) is 7.55. The smallest absolute Gasteiger partial charge is 0.123 e. The Bertz CT molecular complexity index is 307. The van der Waals surface area contributed by atoms with Gasteiger partial charge in [0.25, 0.3) is 0 Å². The number of benzene rings is 1. The average Bonchev–Trinajstić information content (AvgIpc) is 2.30. The summed E-state index contributed by atoms with van der Waals surface area (Å²) in [6.07, 6.45) is 5.05. The summed E-state index contributed by atoms with van der Waals surface area (Å²) < 4.78 is 12.8. The molecular formula is C15H24FN. The number of hydrogen-bond acceptors (Lipinski definition) is 1. The SMILES string of the molecule is CCCCCC(C)N[C@H](C)c1ccc(F)cc1. The fourth-order valence-electron chi connectivity index (χ4n) is 2.06. The molecule has 0 saturated carbocycles. The third-order valence-corrected chi connectivity index (χ3v) is 3.15. The van der Waals surface area contributed by atoms with Crippen LogP contribution in [-0.4, -0.2) is 6.04 Å². The molecule has 1 aromatic carbocycles. The van der Waals surface area contributed by atoms with Crippen molar-refractivity contribution in [3.05, 3.63) is 35.6 Å². The third-order valence-electron chi connectivity index (χ3n) is 3.15. The number of rotatable bonds is 7. The van der Waals surface area contributed by atoms with Gasteiger partial charge in [-0.05, 0) is 38.0 Å². The van der Waals surface area contributed by atoms with Gasteiger partial charge in [0.05, 0.1) is 0 Å². The minimum absolute atomic E-state index is 0.169. The largest absolute Gasteiger partial charge is 0.308 e. The molecular weight excluding hydrogens is 213 g/mol. The van der Waals surface area contributed by atoms with Crippen LogP contribution in [0.4, 0.5) is 4.39 Å². The molecule has 0 bridgehead atoms. The van der Waals surface area contributed by atoms with Crippen molar-refractivity contribution in [1.82, 2.24) is 5.32 Å². The Morgan fingerprint density at radius 3 is 2.35 bits per heavy atom. The molecule has 1 aromatic rings. The molecule has 0 saturated heterocycles. The predicted molar refractivity (Wildman–Crippen MR) is 71.6 cm³/mol. The first-order chi connectivity index (χ1) is 8.13. The van der Waals surface area contributed by atoms with Crippen LogP contribution in [-0.2, 0) is 0 Å². The van der Waals surface area contributed by atoms with Gasteiger partial charge < -0.3 is 5.32 Å². The second-order valence-corrected chi connectivity index (χ2v) is 4.84. The average molecular weight is 237 g/mol. The molecule has 1 N–H and O–H groups in total. The van der Waals surface area contributed by atoms with E-state index in [-0.39, 0.29) is 11.9 Å². The molecule has 0 radical (unpaired) electrons. The Hall–Kier alpha value is -0.890. The molecule has 2 heteroatoms. The first-order valence-electron chi connectivity index (χ1n) is 6.65. The first-order valence-corrected chi connectivity index (χ1v) is 6.65. The van der Waals surface area contributed by atoms with Gasteiger partial charge in [0.1, 0.15) is 5.82 Å². The highest BCUT2D eigenvalue weighted by atomic mass is 19.1. The fraction of sp³-hybridized carbons (Fsp3) is 0.600. The van der Waals surface area contributed by atoms with Crippen LogP contribution in [0.3, 0.4) is 0 Å². The van der Waals surface area contributed by atoms with Gasteiger partial charge in [0.2, 0.25) is 0 Å². The number of hydrogen-bond donors (Lipinski definition) is 1. The lowest BCUT2D eigenvalue weighted by molar-refractivity contribution is 0.440. The number of unbranched alkanes of at least 4 members (excludes halogenated alkanes) is 2. The topological polar surface area (TPSA) is 12.0 Å². The van der Waals surface area contributed by atoms with Gasteiger partial charge in [0.15, 0.2) is 0 Å². The van der Waals surface area contributed by atoms with Crippen LogP contribution >= 0.6 is 0 Å². The summed E-state index contributed by atoms with van der Waals surface area (Å²) in [6.45, 7) is 6.57. The van der Waals surface area contributed by atoms with Crippen molar-refractivity contribution in [2.45, 2.75) is 58.5 Å². The van der Waals surface area contributed by atoms with Gasteiger partial charge in [-0.3, -0.25) is 0 Å². The Kier molecular flexibility index (Phi) is 6.20. The minimum Gasteiger partial charge on any atom is -0.308 e. The zero-order valence-corrected chi connectivity index (χ0v) is 11.2. The van der Waals surface area contributed by atoms with E-state index in [1.54, 1.807) is 0 Å². The molecule has 0 fully saturated rings. The third kappa shape index (κ3) is 5.31. The van der Waals surface area contributed by atoms with E-state index in [2.05, 4.69) is 26.1 Å². The van der Waals surface area contributed by atoms with E-state index in [0.717, 1.165) is 5.56 Å². The Labute approximate surface area is 104 Å². The van der Waals surface area contributed by atoms with E-state index >= 15 is 0 Å². The number of halogens is 1. The monoisotopic (exact) mass is 237 g/mol. The summed E-state index contributed by atoms with van der Waals surface area (Å²) in [5.74, 6) is -0.169. The molecule has 0 aliphatic heterocycles. The van der Waals surface area contributed by atoms with E-state index in [1.807, 2.05) is 12.1 Å². The number of nitrogens with one attached hydrogen (secondary N) is 1. The van der Waals surface area contributed by atoms with Crippen LogP contribution in [0.5, 0.6) is 0 Å². The standard InChI is InChI=1S/C15H24FN/c1-4-5-6-7-12(2)17-13(3)14-8-10-15(16)11-9-14/h8-13,17H,4-7H2,1-3H3/t12?,13-/m1/s1. The van der Waals surface area contributed by atoms with Gasteiger partial charge in [-0.2, -0.15) is 0 Å².